The van der Waals surface area contributed by atoms with Gasteiger partial charge in [0.1, 0.15) is 5.75 Å². The number of amides is 1. The summed E-state index contributed by atoms with van der Waals surface area (Å²) >= 11 is 0. The molecule has 0 saturated heterocycles. The van der Waals surface area contributed by atoms with Crippen LogP contribution in [0.25, 0.3) is 22.4 Å². The lowest BCUT2D eigenvalue weighted by atomic mass is 10.1. The molecule has 1 heterocycles. The highest BCUT2D eigenvalue weighted by atomic mass is 16.4. The van der Waals surface area contributed by atoms with Crippen molar-refractivity contribution in [2.24, 2.45) is 0 Å². The molecule has 0 bridgehead atoms. The second kappa shape index (κ2) is 6.76. The van der Waals surface area contributed by atoms with Crippen LogP contribution < -0.4 is 10.9 Å². The summed E-state index contributed by atoms with van der Waals surface area (Å²) in [5.74, 6) is -0.195. The number of carbonyl (C=O) groups excluding carboxylic acids is 1. The smallest absolute Gasteiger partial charge is 0.347 e. The van der Waals surface area contributed by atoms with Gasteiger partial charge in [0.05, 0.1) is 22.0 Å². The van der Waals surface area contributed by atoms with Crippen molar-refractivity contribution < 1.29 is 14.3 Å². The number of anilines is 1. The van der Waals surface area contributed by atoms with Gasteiger partial charge in [-0.25, -0.2) is 9.78 Å². The van der Waals surface area contributed by atoms with E-state index in [0.717, 1.165) is 0 Å². The van der Waals surface area contributed by atoms with Crippen LogP contribution in [0.15, 0.2) is 82.0 Å². The van der Waals surface area contributed by atoms with E-state index in [9.17, 15) is 14.7 Å². The molecule has 0 radical (unpaired) electrons. The molecule has 3 aromatic carbocycles. The Labute approximate surface area is 153 Å². The minimum absolute atomic E-state index is 0.0788. The Kier molecular flexibility index (Phi) is 4.14. The zero-order valence-corrected chi connectivity index (χ0v) is 14.0. The third-order valence-electron chi connectivity index (χ3n) is 4.06. The minimum atomic E-state index is -0.510. The average molecular weight is 358 g/mol. The number of hydrogen-bond acceptors (Lipinski definition) is 5. The average Bonchev–Trinajstić information content (AvgIpc) is 2.70. The number of hydrogen-bond donors (Lipinski definition) is 2. The van der Waals surface area contributed by atoms with Crippen LogP contribution in [-0.4, -0.2) is 16.0 Å². The number of nitrogens with one attached hydrogen (secondary N) is 1. The number of nitrogens with zero attached hydrogens (tertiary/aromatic N) is 1. The summed E-state index contributed by atoms with van der Waals surface area (Å²) in [6, 6.07) is 19.8. The summed E-state index contributed by atoms with van der Waals surface area (Å²) in [5.41, 5.74) is 1.25. The van der Waals surface area contributed by atoms with E-state index >= 15 is 0 Å². The molecule has 0 saturated carbocycles. The number of aromatic hydroxyl groups is 1. The van der Waals surface area contributed by atoms with Crippen molar-refractivity contribution in [2.45, 2.75) is 0 Å². The van der Waals surface area contributed by atoms with Crippen molar-refractivity contribution in [3.05, 3.63) is 88.8 Å². The number of rotatable bonds is 3. The lowest BCUT2D eigenvalue weighted by molar-refractivity contribution is 0.102. The van der Waals surface area contributed by atoms with Gasteiger partial charge in [-0.2, -0.15) is 0 Å². The molecule has 6 nitrogen and oxygen atoms in total. The maximum atomic E-state index is 12.7. The highest BCUT2D eigenvalue weighted by Crippen LogP contribution is 2.24. The Morgan fingerprint density at radius 1 is 0.926 bits per heavy atom. The molecule has 0 unspecified atom stereocenters. The predicted octanol–water partition coefficient (Wildman–Crippen LogP) is 3.81. The van der Waals surface area contributed by atoms with Crippen LogP contribution in [0.5, 0.6) is 5.75 Å². The summed E-state index contributed by atoms with van der Waals surface area (Å²) in [7, 11) is 0. The van der Waals surface area contributed by atoms with Crippen LogP contribution in [0.2, 0.25) is 0 Å². The molecule has 0 aliphatic heterocycles. The third kappa shape index (κ3) is 3.28. The van der Waals surface area contributed by atoms with Crippen LogP contribution in [0.4, 0.5) is 5.69 Å². The number of fused-ring (bicyclic) bond motifs is 1. The summed E-state index contributed by atoms with van der Waals surface area (Å²) < 4.78 is 5.35. The predicted molar refractivity (Wildman–Crippen MR) is 102 cm³/mol. The van der Waals surface area contributed by atoms with E-state index < -0.39 is 5.63 Å². The number of phenolic OH excluding ortho intramolecular Hbond substituents is 1. The Morgan fingerprint density at radius 3 is 2.44 bits per heavy atom. The maximum absolute atomic E-state index is 12.7. The number of phenols is 1. The van der Waals surface area contributed by atoms with Crippen LogP contribution in [0, 0.1) is 0 Å². The SMILES string of the molecule is O=C(Nc1ccc(O)cc1)c1ccccc1-c1nc2ccccc2c(=O)o1. The Hall–Kier alpha value is -3.93. The van der Waals surface area contributed by atoms with Gasteiger partial charge in [0.2, 0.25) is 5.89 Å². The monoisotopic (exact) mass is 358 g/mol. The number of benzene rings is 3. The molecule has 0 spiro atoms. The van der Waals surface area contributed by atoms with Crippen molar-refractivity contribution in [3.8, 4) is 17.2 Å². The van der Waals surface area contributed by atoms with Gasteiger partial charge in [0, 0.05) is 5.69 Å². The van der Waals surface area contributed by atoms with Gasteiger partial charge in [-0.15, -0.1) is 0 Å². The second-order valence-electron chi connectivity index (χ2n) is 5.87. The van der Waals surface area contributed by atoms with Gasteiger partial charge in [0.15, 0.2) is 0 Å². The van der Waals surface area contributed by atoms with E-state index in [1.807, 2.05) is 0 Å². The molecule has 6 heteroatoms. The molecule has 0 aliphatic rings. The molecule has 132 valence electrons. The fourth-order valence-electron chi connectivity index (χ4n) is 2.74. The van der Waals surface area contributed by atoms with Gasteiger partial charge < -0.3 is 14.8 Å². The fraction of sp³-hybridized carbons (Fsp3) is 0. The van der Waals surface area contributed by atoms with Crippen molar-refractivity contribution in [1.82, 2.24) is 4.98 Å². The fourth-order valence-corrected chi connectivity index (χ4v) is 2.74. The van der Waals surface area contributed by atoms with Crippen molar-refractivity contribution in [3.63, 3.8) is 0 Å². The number of carbonyl (C=O) groups is 1. The third-order valence-corrected chi connectivity index (χ3v) is 4.06. The standard InChI is InChI=1S/C21H14N2O4/c24-14-11-9-13(10-12-14)22-19(25)15-5-1-2-6-16(15)20-23-18-8-4-3-7-17(18)21(26)27-20/h1-12,24H,(H,22,25). The zero-order valence-electron chi connectivity index (χ0n) is 14.0. The van der Waals surface area contributed by atoms with Gasteiger partial charge in [-0.1, -0.05) is 24.3 Å². The highest BCUT2D eigenvalue weighted by molar-refractivity contribution is 6.08. The molecule has 27 heavy (non-hydrogen) atoms. The number of para-hydroxylation sites is 1. The molecule has 0 fully saturated rings. The zero-order chi connectivity index (χ0) is 18.8. The molecule has 4 aromatic rings. The summed E-state index contributed by atoms with van der Waals surface area (Å²) in [6.45, 7) is 0. The largest absolute Gasteiger partial charge is 0.508 e. The first-order chi connectivity index (χ1) is 13.1. The van der Waals surface area contributed by atoms with E-state index in [0.29, 0.717) is 27.7 Å². The van der Waals surface area contributed by atoms with Crippen molar-refractivity contribution in [2.75, 3.05) is 5.32 Å². The van der Waals surface area contributed by atoms with E-state index in [2.05, 4.69) is 10.3 Å². The molecule has 4 rings (SSSR count). The lowest BCUT2D eigenvalue weighted by Crippen LogP contribution is -2.14. The van der Waals surface area contributed by atoms with Gasteiger partial charge in [0.25, 0.3) is 5.91 Å². The quantitative estimate of drug-likeness (QED) is 0.543. The first-order valence-electron chi connectivity index (χ1n) is 8.21. The Morgan fingerprint density at radius 2 is 1.63 bits per heavy atom. The maximum Gasteiger partial charge on any atom is 0.347 e. The van der Waals surface area contributed by atoms with E-state index in [1.165, 1.54) is 12.1 Å². The normalized spacial score (nSPS) is 10.7. The minimum Gasteiger partial charge on any atom is -0.508 e. The second-order valence-corrected chi connectivity index (χ2v) is 5.87. The van der Waals surface area contributed by atoms with E-state index in [-0.39, 0.29) is 17.5 Å². The molecule has 1 amide bonds. The molecule has 0 atom stereocenters. The van der Waals surface area contributed by atoms with Crippen LogP contribution in [-0.2, 0) is 0 Å². The van der Waals surface area contributed by atoms with Crippen LogP contribution >= 0.6 is 0 Å². The molecule has 0 aliphatic carbocycles. The van der Waals surface area contributed by atoms with E-state index in [1.54, 1.807) is 60.7 Å². The topological polar surface area (TPSA) is 92.4 Å². The molecule has 1 aromatic heterocycles. The first-order valence-corrected chi connectivity index (χ1v) is 8.21. The summed E-state index contributed by atoms with van der Waals surface area (Å²) in [6.07, 6.45) is 0. The first kappa shape index (κ1) is 16.5. The van der Waals surface area contributed by atoms with Crippen molar-refractivity contribution >= 4 is 22.5 Å². The van der Waals surface area contributed by atoms with Crippen LogP contribution in [0.3, 0.4) is 0 Å². The molecular formula is C21H14N2O4. The molecular weight excluding hydrogens is 344 g/mol. The Balaban J connectivity index is 1.76. The van der Waals surface area contributed by atoms with Crippen LogP contribution in [0.1, 0.15) is 10.4 Å². The van der Waals surface area contributed by atoms with Crippen molar-refractivity contribution in [1.29, 1.82) is 0 Å². The molecule has 2 N–H and O–H groups in total. The Bertz CT molecular complexity index is 1200. The number of aromatic nitrogens is 1. The van der Waals surface area contributed by atoms with Gasteiger partial charge in [-0.3, -0.25) is 4.79 Å². The van der Waals surface area contributed by atoms with E-state index in [4.69, 9.17) is 4.42 Å². The summed E-state index contributed by atoms with van der Waals surface area (Å²) in [4.78, 5) is 29.4. The van der Waals surface area contributed by atoms with Gasteiger partial charge in [-0.05, 0) is 48.5 Å². The van der Waals surface area contributed by atoms with Gasteiger partial charge >= 0.3 is 5.63 Å². The summed E-state index contributed by atoms with van der Waals surface area (Å²) in [5, 5.41) is 12.5. The lowest BCUT2D eigenvalue weighted by Gasteiger charge is -2.09. The highest BCUT2D eigenvalue weighted by Gasteiger charge is 2.17.